The monoisotopic (exact) mass is 440 g/mol. The van der Waals surface area contributed by atoms with Crippen LogP contribution in [0.3, 0.4) is 0 Å². The maximum absolute atomic E-state index is 14.6. The first-order chi connectivity index (χ1) is 15.1. The molecule has 2 aliphatic rings. The van der Waals surface area contributed by atoms with E-state index in [1.54, 1.807) is 48.4 Å². The van der Waals surface area contributed by atoms with E-state index in [2.05, 4.69) is 20.5 Å². The second kappa shape index (κ2) is 6.96. The average molecular weight is 440 g/mol. The predicted octanol–water partition coefficient (Wildman–Crippen LogP) is 3.78. The summed E-state index contributed by atoms with van der Waals surface area (Å²) in [6.07, 6.45) is 5.90. The van der Waals surface area contributed by atoms with E-state index >= 15 is 0 Å². The van der Waals surface area contributed by atoms with Crippen molar-refractivity contribution in [3.63, 3.8) is 0 Å². The highest BCUT2D eigenvalue weighted by Gasteiger charge is 2.65. The molecule has 2 bridgehead atoms. The van der Waals surface area contributed by atoms with Crippen molar-refractivity contribution in [3.8, 4) is 22.7 Å². The number of piperidine rings is 1. The number of nitrogens with one attached hydrogen (secondary N) is 1. The molecule has 3 aromatic rings. The van der Waals surface area contributed by atoms with Crippen molar-refractivity contribution in [2.24, 2.45) is 0 Å². The molecule has 7 nitrogen and oxygen atoms in total. The van der Waals surface area contributed by atoms with Crippen LogP contribution in [0.25, 0.3) is 16.9 Å². The third-order valence-electron chi connectivity index (χ3n) is 6.95. The molecule has 0 aliphatic carbocycles. The van der Waals surface area contributed by atoms with Crippen molar-refractivity contribution in [2.45, 2.75) is 56.2 Å². The Hall–Kier alpha value is -3.07. The Labute approximate surface area is 185 Å². The highest BCUT2D eigenvalue weighted by atomic mass is 19.3. The van der Waals surface area contributed by atoms with E-state index in [9.17, 15) is 13.9 Å². The SMILES string of the molecule is CN(c1ccc(-c2ccc(-n3ccnc3)cc2O)nn1)[C@H]1C[C@]2(C)CC(F)(F)[C@](C)(C1)N2. The number of hydrogen-bond donors (Lipinski definition) is 2. The van der Waals surface area contributed by atoms with Crippen LogP contribution in [-0.2, 0) is 0 Å². The second-order valence-corrected chi connectivity index (χ2v) is 9.52. The number of alkyl halides is 2. The summed E-state index contributed by atoms with van der Waals surface area (Å²) in [5, 5.41) is 22.3. The first-order valence-electron chi connectivity index (χ1n) is 10.6. The molecule has 1 aromatic carbocycles. The molecule has 0 unspecified atom stereocenters. The van der Waals surface area contributed by atoms with Crippen LogP contribution in [0.4, 0.5) is 14.6 Å². The van der Waals surface area contributed by atoms with E-state index in [4.69, 9.17) is 0 Å². The molecule has 168 valence electrons. The molecule has 2 fully saturated rings. The lowest BCUT2D eigenvalue weighted by atomic mass is 9.83. The molecule has 0 amide bonds. The number of hydrogen-bond acceptors (Lipinski definition) is 6. The summed E-state index contributed by atoms with van der Waals surface area (Å²) in [6, 6.07) is 8.82. The summed E-state index contributed by atoms with van der Waals surface area (Å²) < 4.78 is 31.1. The van der Waals surface area contributed by atoms with Crippen LogP contribution >= 0.6 is 0 Å². The minimum Gasteiger partial charge on any atom is -0.507 e. The highest BCUT2D eigenvalue weighted by Crippen LogP contribution is 2.52. The third-order valence-corrected chi connectivity index (χ3v) is 6.95. The smallest absolute Gasteiger partial charge is 0.267 e. The number of nitrogens with zero attached hydrogens (tertiary/aromatic N) is 5. The van der Waals surface area contributed by atoms with E-state index in [1.807, 2.05) is 31.0 Å². The number of halogens is 2. The van der Waals surface area contributed by atoms with Gasteiger partial charge in [0, 0.05) is 49.1 Å². The van der Waals surface area contributed by atoms with Gasteiger partial charge in [-0.3, -0.25) is 0 Å². The molecule has 2 aliphatic heterocycles. The third kappa shape index (κ3) is 3.31. The van der Waals surface area contributed by atoms with Gasteiger partial charge in [0.25, 0.3) is 5.92 Å². The fraction of sp³-hybridized carbons (Fsp3) is 0.435. The fourth-order valence-corrected chi connectivity index (χ4v) is 5.30. The van der Waals surface area contributed by atoms with E-state index in [0.29, 0.717) is 29.9 Å². The first-order valence-corrected chi connectivity index (χ1v) is 10.6. The lowest BCUT2D eigenvalue weighted by molar-refractivity contribution is -0.0570. The molecular formula is C23H26F2N6O. The van der Waals surface area contributed by atoms with Crippen LogP contribution < -0.4 is 10.2 Å². The molecule has 2 saturated heterocycles. The van der Waals surface area contributed by atoms with Gasteiger partial charge >= 0.3 is 0 Å². The Morgan fingerprint density at radius 2 is 1.97 bits per heavy atom. The molecule has 32 heavy (non-hydrogen) atoms. The Kier molecular flexibility index (Phi) is 4.53. The topological polar surface area (TPSA) is 79.1 Å². The molecule has 0 spiro atoms. The number of phenols is 1. The second-order valence-electron chi connectivity index (χ2n) is 9.52. The number of imidazole rings is 1. The number of aromatic nitrogens is 4. The van der Waals surface area contributed by atoms with Gasteiger partial charge < -0.3 is 19.9 Å². The van der Waals surface area contributed by atoms with Gasteiger partial charge in [-0.2, -0.15) is 0 Å². The van der Waals surface area contributed by atoms with Crippen molar-refractivity contribution in [1.82, 2.24) is 25.1 Å². The first kappa shape index (κ1) is 20.8. The van der Waals surface area contributed by atoms with Crippen molar-refractivity contribution in [3.05, 3.63) is 49.1 Å². The van der Waals surface area contributed by atoms with E-state index in [-0.39, 0.29) is 18.2 Å². The molecule has 4 heterocycles. The summed E-state index contributed by atoms with van der Waals surface area (Å²) in [5.74, 6) is -2.04. The largest absolute Gasteiger partial charge is 0.507 e. The zero-order valence-electron chi connectivity index (χ0n) is 18.3. The summed E-state index contributed by atoms with van der Waals surface area (Å²) >= 11 is 0. The maximum Gasteiger partial charge on any atom is 0.267 e. The molecule has 0 radical (unpaired) electrons. The Balaban J connectivity index is 1.36. The average Bonchev–Trinajstić information content (AvgIpc) is 3.30. The van der Waals surface area contributed by atoms with Crippen LogP contribution in [0.15, 0.2) is 49.1 Å². The van der Waals surface area contributed by atoms with Crippen molar-refractivity contribution in [1.29, 1.82) is 0 Å². The quantitative estimate of drug-likeness (QED) is 0.643. The summed E-state index contributed by atoms with van der Waals surface area (Å²) in [6.45, 7) is 3.49. The van der Waals surface area contributed by atoms with E-state index in [0.717, 1.165) is 5.69 Å². The van der Waals surface area contributed by atoms with Gasteiger partial charge in [-0.25, -0.2) is 13.8 Å². The summed E-state index contributed by atoms with van der Waals surface area (Å²) in [4.78, 5) is 5.95. The van der Waals surface area contributed by atoms with Crippen molar-refractivity contribution in [2.75, 3.05) is 11.9 Å². The number of rotatable bonds is 4. The number of aromatic hydroxyl groups is 1. The lowest BCUT2D eigenvalue weighted by Gasteiger charge is -2.45. The minimum absolute atomic E-state index is 0.0809. The van der Waals surface area contributed by atoms with Crippen molar-refractivity contribution >= 4 is 5.82 Å². The van der Waals surface area contributed by atoms with Gasteiger partial charge in [-0.15, -0.1) is 10.2 Å². The van der Waals surface area contributed by atoms with Gasteiger partial charge in [0.15, 0.2) is 5.82 Å². The number of phenolic OH excluding ortho intramolecular Hbond substituents is 1. The molecule has 2 N–H and O–H groups in total. The zero-order chi connectivity index (χ0) is 22.7. The van der Waals surface area contributed by atoms with Crippen LogP contribution in [0.1, 0.15) is 33.1 Å². The Bertz CT molecular complexity index is 1130. The predicted molar refractivity (Wildman–Crippen MR) is 117 cm³/mol. The molecule has 5 rings (SSSR count). The van der Waals surface area contributed by atoms with E-state index < -0.39 is 17.0 Å². The molecular weight excluding hydrogens is 414 g/mol. The van der Waals surface area contributed by atoms with Crippen LogP contribution in [-0.4, -0.2) is 54.9 Å². The van der Waals surface area contributed by atoms with Crippen LogP contribution in [0.2, 0.25) is 0 Å². The molecule has 0 saturated carbocycles. The minimum atomic E-state index is -2.74. The number of fused-ring (bicyclic) bond motifs is 2. The van der Waals surface area contributed by atoms with Crippen LogP contribution in [0, 0.1) is 0 Å². The fourth-order valence-electron chi connectivity index (χ4n) is 5.30. The van der Waals surface area contributed by atoms with Crippen LogP contribution in [0.5, 0.6) is 5.75 Å². The molecule has 2 aromatic heterocycles. The van der Waals surface area contributed by atoms with Gasteiger partial charge in [-0.1, -0.05) is 0 Å². The zero-order valence-corrected chi connectivity index (χ0v) is 18.3. The van der Waals surface area contributed by atoms with Gasteiger partial charge in [0.1, 0.15) is 5.75 Å². The summed E-state index contributed by atoms with van der Waals surface area (Å²) in [7, 11) is 1.88. The Morgan fingerprint density at radius 1 is 1.16 bits per heavy atom. The van der Waals surface area contributed by atoms with E-state index in [1.165, 1.54) is 0 Å². The Morgan fingerprint density at radius 3 is 2.59 bits per heavy atom. The van der Waals surface area contributed by atoms with Gasteiger partial charge in [0.05, 0.1) is 23.2 Å². The summed E-state index contributed by atoms with van der Waals surface area (Å²) in [5.41, 5.74) is 0.0517. The molecule has 3 atom stereocenters. The highest BCUT2D eigenvalue weighted by molar-refractivity contribution is 5.69. The number of anilines is 1. The maximum atomic E-state index is 14.6. The number of benzene rings is 1. The van der Waals surface area contributed by atoms with Gasteiger partial charge in [-0.05, 0) is 51.0 Å². The molecule has 9 heteroatoms. The van der Waals surface area contributed by atoms with Crippen molar-refractivity contribution < 1.29 is 13.9 Å². The van der Waals surface area contributed by atoms with Gasteiger partial charge in [0.2, 0.25) is 0 Å². The normalized spacial score (nSPS) is 28.6. The standard InChI is InChI=1S/C23H26F2N6O/c1-21-11-16(12-22(2,29-21)23(24,25)13-21)30(3)20-7-6-18(27-28-20)17-5-4-15(10-19(17)32)31-9-8-26-14-31/h4-10,14,16,29,32H,11-13H2,1-3H3/t16-,21+,22-/m0/s1. The lowest BCUT2D eigenvalue weighted by Crippen LogP contribution is -2.61.